The zero-order valence-corrected chi connectivity index (χ0v) is 15.1. The Kier molecular flexibility index (Phi) is 4.48. The quantitative estimate of drug-likeness (QED) is 0.801. The molecule has 4 nitrogen and oxygen atoms in total. The van der Waals surface area contributed by atoms with Crippen LogP contribution in [-0.4, -0.2) is 40.7 Å². The van der Waals surface area contributed by atoms with E-state index in [1.807, 2.05) is 39.0 Å². The molecule has 0 aliphatic carbocycles. The molecule has 2 aliphatic heterocycles. The summed E-state index contributed by atoms with van der Waals surface area (Å²) in [5.41, 5.74) is 4.38. The van der Waals surface area contributed by atoms with Crippen molar-refractivity contribution in [1.82, 2.24) is 9.80 Å². The van der Waals surface area contributed by atoms with E-state index in [1.54, 1.807) is 0 Å². The van der Waals surface area contributed by atoms with E-state index in [0.29, 0.717) is 11.3 Å². The van der Waals surface area contributed by atoms with Crippen LogP contribution < -0.4 is 0 Å². The molecule has 1 aromatic carbocycles. The Hall–Kier alpha value is -2.10. The van der Waals surface area contributed by atoms with Gasteiger partial charge < -0.3 is 4.90 Å². The SMILES string of the molecule is Cc1ccc(C2=C(N3CCCCC3)C(=O)N(C(C)C)C2=O)cc1C. The molecule has 2 aliphatic rings. The minimum atomic E-state index is -0.154. The Labute approximate surface area is 144 Å². The highest BCUT2D eigenvalue weighted by atomic mass is 16.2. The van der Waals surface area contributed by atoms with E-state index >= 15 is 0 Å². The van der Waals surface area contributed by atoms with E-state index in [0.717, 1.165) is 37.1 Å². The summed E-state index contributed by atoms with van der Waals surface area (Å²) in [5, 5.41) is 0. The number of rotatable bonds is 3. The number of nitrogens with zero attached hydrogens (tertiary/aromatic N) is 2. The fourth-order valence-corrected chi connectivity index (χ4v) is 3.57. The van der Waals surface area contributed by atoms with Gasteiger partial charge in [0.2, 0.25) is 0 Å². The number of benzene rings is 1. The van der Waals surface area contributed by atoms with Crippen molar-refractivity contribution in [3.05, 3.63) is 40.6 Å². The number of hydrogen-bond acceptors (Lipinski definition) is 3. The lowest BCUT2D eigenvalue weighted by Gasteiger charge is -2.30. The number of aryl methyl sites for hydroxylation is 2. The summed E-state index contributed by atoms with van der Waals surface area (Å²) in [6.07, 6.45) is 3.35. The molecule has 3 rings (SSSR count). The normalized spacial score (nSPS) is 19.0. The van der Waals surface area contributed by atoms with Crippen LogP contribution in [0.4, 0.5) is 0 Å². The van der Waals surface area contributed by atoms with Crippen LogP contribution in [0.15, 0.2) is 23.9 Å². The van der Waals surface area contributed by atoms with Gasteiger partial charge in [-0.25, -0.2) is 0 Å². The lowest BCUT2D eigenvalue weighted by molar-refractivity contribution is -0.139. The fraction of sp³-hybridized carbons (Fsp3) is 0.500. The first kappa shape index (κ1) is 16.7. The Morgan fingerprint density at radius 1 is 0.917 bits per heavy atom. The van der Waals surface area contributed by atoms with Crippen molar-refractivity contribution in [3.63, 3.8) is 0 Å². The van der Waals surface area contributed by atoms with E-state index in [2.05, 4.69) is 11.8 Å². The number of carbonyl (C=O) groups excluding carboxylic acids is 2. The van der Waals surface area contributed by atoms with Crippen LogP contribution in [0.1, 0.15) is 49.8 Å². The lowest BCUT2D eigenvalue weighted by Crippen LogP contribution is -2.40. The fourth-order valence-electron chi connectivity index (χ4n) is 3.57. The predicted molar refractivity (Wildman–Crippen MR) is 95.2 cm³/mol. The summed E-state index contributed by atoms with van der Waals surface area (Å²) in [4.78, 5) is 29.6. The van der Waals surface area contributed by atoms with E-state index in [9.17, 15) is 9.59 Å². The van der Waals surface area contributed by atoms with Crippen molar-refractivity contribution >= 4 is 17.4 Å². The molecule has 4 heteroatoms. The van der Waals surface area contributed by atoms with Crippen molar-refractivity contribution < 1.29 is 9.59 Å². The minimum Gasteiger partial charge on any atom is -0.366 e. The Bertz CT molecular complexity index is 712. The summed E-state index contributed by atoms with van der Waals surface area (Å²) in [5.74, 6) is -0.288. The number of piperidine rings is 1. The topological polar surface area (TPSA) is 40.6 Å². The van der Waals surface area contributed by atoms with Gasteiger partial charge in [0.15, 0.2) is 0 Å². The molecule has 0 radical (unpaired) electrons. The lowest BCUT2D eigenvalue weighted by atomic mass is 9.98. The van der Waals surface area contributed by atoms with E-state index < -0.39 is 0 Å². The molecule has 0 atom stereocenters. The van der Waals surface area contributed by atoms with Crippen LogP contribution in [0, 0.1) is 13.8 Å². The number of imide groups is 1. The van der Waals surface area contributed by atoms with Gasteiger partial charge in [-0.2, -0.15) is 0 Å². The number of carbonyl (C=O) groups is 2. The monoisotopic (exact) mass is 326 g/mol. The van der Waals surface area contributed by atoms with Gasteiger partial charge in [0, 0.05) is 19.1 Å². The van der Waals surface area contributed by atoms with E-state index in [4.69, 9.17) is 0 Å². The molecule has 1 aromatic rings. The smallest absolute Gasteiger partial charge is 0.278 e. The number of hydrogen-bond donors (Lipinski definition) is 0. The predicted octanol–water partition coefficient (Wildman–Crippen LogP) is 3.28. The van der Waals surface area contributed by atoms with E-state index in [-0.39, 0.29) is 17.9 Å². The molecular formula is C20H26N2O2. The van der Waals surface area contributed by atoms with Crippen molar-refractivity contribution in [3.8, 4) is 0 Å². The summed E-state index contributed by atoms with van der Waals surface area (Å²) in [6, 6.07) is 5.90. The van der Waals surface area contributed by atoms with Crippen molar-refractivity contribution in [2.75, 3.05) is 13.1 Å². The van der Waals surface area contributed by atoms with Crippen LogP contribution >= 0.6 is 0 Å². The first-order valence-electron chi connectivity index (χ1n) is 8.86. The highest BCUT2D eigenvalue weighted by Crippen LogP contribution is 2.34. The standard InChI is InChI=1S/C20H26N2O2/c1-13(2)22-19(23)17(16-9-8-14(3)15(4)12-16)18(20(22)24)21-10-6-5-7-11-21/h8-9,12-13H,5-7,10-11H2,1-4H3. The van der Waals surface area contributed by atoms with Gasteiger partial charge in [-0.05, 0) is 63.6 Å². The van der Waals surface area contributed by atoms with Crippen molar-refractivity contribution in [2.24, 2.45) is 0 Å². The molecule has 0 spiro atoms. The second kappa shape index (κ2) is 6.42. The minimum absolute atomic E-state index is 0.131. The molecule has 0 bridgehead atoms. The van der Waals surface area contributed by atoms with Gasteiger partial charge in [0.1, 0.15) is 5.70 Å². The first-order valence-corrected chi connectivity index (χ1v) is 8.86. The Morgan fingerprint density at radius 3 is 2.17 bits per heavy atom. The molecule has 1 saturated heterocycles. The summed E-state index contributed by atoms with van der Waals surface area (Å²) >= 11 is 0. The van der Waals surface area contributed by atoms with Gasteiger partial charge in [-0.15, -0.1) is 0 Å². The zero-order valence-electron chi connectivity index (χ0n) is 15.1. The van der Waals surface area contributed by atoms with Gasteiger partial charge in [-0.3, -0.25) is 14.5 Å². The molecule has 2 heterocycles. The third kappa shape index (κ3) is 2.74. The van der Waals surface area contributed by atoms with Crippen LogP contribution in [-0.2, 0) is 9.59 Å². The number of likely N-dealkylation sites (tertiary alicyclic amines) is 1. The summed E-state index contributed by atoms with van der Waals surface area (Å²) in [7, 11) is 0. The molecule has 0 N–H and O–H groups in total. The molecular weight excluding hydrogens is 300 g/mol. The maximum Gasteiger partial charge on any atom is 0.278 e. The molecule has 0 saturated carbocycles. The van der Waals surface area contributed by atoms with Crippen LogP contribution in [0.5, 0.6) is 0 Å². The molecule has 24 heavy (non-hydrogen) atoms. The third-order valence-corrected chi connectivity index (χ3v) is 5.08. The van der Waals surface area contributed by atoms with E-state index in [1.165, 1.54) is 16.9 Å². The van der Waals surface area contributed by atoms with Gasteiger partial charge in [-0.1, -0.05) is 18.2 Å². The molecule has 2 amide bonds. The highest BCUT2D eigenvalue weighted by Gasteiger charge is 2.42. The van der Waals surface area contributed by atoms with Gasteiger partial charge >= 0.3 is 0 Å². The average molecular weight is 326 g/mol. The average Bonchev–Trinajstić information content (AvgIpc) is 2.81. The molecule has 0 unspecified atom stereocenters. The zero-order chi connectivity index (χ0) is 17.4. The first-order chi connectivity index (χ1) is 11.4. The van der Waals surface area contributed by atoms with Crippen molar-refractivity contribution in [2.45, 2.75) is 53.0 Å². The maximum atomic E-state index is 13.0. The van der Waals surface area contributed by atoms with Crippen LogP contribution in [0.25, 0.3) is 5.57 Å². The third-order valence-electron chi connectivity index (χ3n) is 5.08. The van der Waals surface area contributed by atoms with Crippen LogP contribution in [0.3, 0.4) is 0 Å². The second-order valence-corrected chi connectivity index (χ2v) is 7.14. The Balaban J connectivity index is 2.13. The summed E-state index contributed by atoms with van der Waals surface area (Å²) in [6.45, 7) is 9.60. The second-order valence-electron chi connectivity index (χ2n) is 7.14. The Morgan fingerprint density at radius 2 is 1.58 bits per heavy atom. The summed E-state index contributed by atoms with van der Waals surface area (Å²) < 4.78 is 0. The molecule has 128 valence electrons. The molecule has 0 aromatic heterocycles. The van der Waals surface area contributed by atoms with Gasteiger partial charge in [0.05, 0.1) is 5.57 Å². The number of amides is 2. The maximum absolute atomic E-state index is 13.0. The highest BCUT2D eigenvalue weighted by molar-refractivity contribution is 6.35. The largest absolute Gasteiger partial charge is 0.366 e. The van der Waals surface area contributed by atoms with Gasteiger partial charge in [0.25, 0.3) is 11.8 Å². The van der Waals surface area contributed by atoms with Crippen molar-refractivity contribution in [1.29, 1.82) is 0 Å². The van der Waals surface area contributed by atoms with Crippen LogP contribution in [0.2, 0.25) is 0 Å². The molecule has 1 fully saturated rings.